The van der Waals surface area contributed by atoms with Crippen LogP contribution in [-0.2, 0) is 4.79 Å². The SMILES string of the molecule is COc1ccc(-c2cn3nc(N4CCC[C@@H](C(=O)NCCN5CCCC5)C4)sc3n2)cc1. The summed E-state index contributed by atoms with van der Waals surface area (Å²) in [6.07, 6.45) is 6.47. The van der Waals surface area contributed by atoms with Gasteiger partial charge in [0.25, 0.3) is 0 Å². The lowest BCUT2D eigenvalue weighted by Gasteiger charge is -2.31. The summed E-state index contributed by atoms with van der Waals surface area (Å²) in [6, 6.07) is 7.88. The minimum absolute atomic E-state index is 0.0217. The highest BCUT2D eigenvalue weighted by molar-refractivity contribution is 7.20. The van der Waals surface area contributed by atoms with Crippen molar-refractivity contribution in [3.63, 3.8) is 0 Å². The van der Waals surface area contributed by atoms with Crippen molar-refractivity contribution in [2.75, 3.05) is 51.3 Å². The van der Waals surface area contributed by atoms with E-state index in [1.807, 2.05) is 35.0 Å². The maximum absolute atomic E-state index is 12.7. The van der Waals surface area contributed by atoms with Gasteiger partial charge in [-0.2, -0.15) is 0 Å². The number of methoxy groups -OCH3 is 1. The average Bonchev–Trinajstić information content (AvgIpc) is 3.56. The van der Waals surface area contributed by atoms with Crippen LogP contribution in [0.1, 0.15) is 25.7 Å². The summed E-state index contributed by atoms with van der Waals surface area (Å²) in [7, 11) is 1.66. The number of amides is 1. The third-order valence-corrected chi connectivity index (χ3v) is 7.39. The Morgan fingerprint density at radius 2 is 2.00 bits per heavy atom. The van der Waals surface area contributed by atoms with Crippen LogP contribution < -0.4 is 15.0 Å². The lowest BCUT2D eigenvalue weighted by molar-refractivity contribution is -0.125. The van der Waals surface area contributed by atoms with Gasteiger partial charge in [-0.05, 0) is 63.0 Å². The molecule has 8 nitrogen and oxygen atoms in total. The minimum atomic E-state index is 0.0217. The van der Waals surface area contributed by atoms with Crippen LogP contribution in [0.3, 0.4) is 0 Å². The number of nitrogens with one attached hydrogen (secondary N) is 1. The summed E-state index contributed by atoms with van der Waals surface area (Å²) in [4.78, 5) is 23.0. The van der Waals surface area contributed by atoms with Crippen LogP contribution in [-0.4, -0.2) is 71.8 Å². The lowest BCUT2D eigenvalue weighted by atomic mass is 9.97. The number of imidazole rings is 1. The zero-order chi connectivity index (χ0) is 21.9. The number of aromatic nitrogens is 3. The number of hydrogen-bond acceptors (Lipinski definition) is 7. The number of carbonyl (C=O) groups excluding carboxylic acids is 1. The van der Waals surface area contributed by atoms with Crippen molar-refractivity contribution < 1.29 is 9.53 Å². The molecule has 3 aromatic rings. The predicted molar refractivity (Wildman–Crippen MR) is 126 cm³/mol. The number of nitrogens with zero attached hydrogens (tertiary/aromatic N) is 5. The fraction of sp³-hybridized carbons (Fsp3) is 0.522. The van der Waals surface area contributed by atoms with Gasteiger partial charge in [-0.1, -0.05) is 11.3 Å². The van der Waals surface area contributed by atoms with E-state index in [1.54, 1.807) is 18.4 Å². The van der Waals surface area contributed by atoms with Gasteiger partial charge in [0.1, 0.15) is 5.75 Å². The highest BCUT2D eigenvalue weighted by atomic mass is 32.1. The third-order valence-electron chi connectivity index (χ3n) is 6.41. The third kappa shape index (κ3) is 4.59. The maximum Gasteiger partial charge on any atom is 0.224 e. The highest BCUT2D eigenvalue weighted by Gasteiger charge is 2.28. The van der Waals surface area contributed by atoms with Crippen LogP contribution >= 0.6 is 11.3 Å². The van der Waals surface area contributed by atoms with Crippen molar-refractivity contribution in [2.24, 2.45) is 5.92 Å². The van der Waals surface area contributed by atoms with Crippen molar-refractivity contribution in [1.29, 1.82) is 0 Å². The molecule has 0 spiro atoms. The molecule has 4 heterocycles. The second-order valence-corrected chi connectivity index (χ2v) is 9.53. The highest BCUT2D eigenvalue weighted by Crippen LogP contribution is 2.30. The van der Waals surface area contributed by atoms with Crippen LogP contribution in [0.2, 0.25) is 0 Å². The van der Waals surface area contributed by atoms with Gasteiger partial charge in [0, 0.05) is 31.7 Å². The number of anilines is 1. The first-order valence-electron chi connectivity index (χ1n) is 11.5. The fourth-order valence-corrected chi connectivity index (χ4v) is 5.49. The molecular weight excluding hydrogens is 424 g/mol. The van der Waals surface area contributed by atoms with Gasteiger partial charge in [0.2, 0.25) is 16.0 Å². The van der Waals surface area contributed by atoms with E-state index in [0.717, 1.165) is 66.1 Å². The van der Waals surface area contributed by atoms with Crippen molar-refractivity contribution in [1.82, 2.24) is 24.8 Å². The van der Waals surface area contributed by atoms with Crippen molar-refractivity contribution in [3.8, 4) is 17.0 Å². The van der Waals surface area contributed by atoms with Gasteiger partial charge in [-0.15, -0.1) is 5.10 Å². The molecule has 1 atom stereocenters. The van der Waals surface area contributed by atoms with Crippen molar-refractivity contribution in [3.05, 3.63) is 30.5 Å². The number of piperidine rings is 1. The Hall–Kier alpha value is -2.65. The largest absolute Gasteiger partial charge is 0.497 e. The van der Waals surface area contributed by atoms with Crippen LogP contribution in [0.4, 0.5) is 5.13 Å². The molecule has 2 fully saturated rings. The minimum Gasteiger partial charge on any atom is -0.497 e. The first-order valence-corrected chi connectivity index (χ1v) is 12.3. The van der Waals surface area contributed by atoms with Crippen molar-refractivity contribution in [2.45, 2.75) is 25.7 Å². The van der Waals surface area contributed by atoms with Gasteiger partial charge in [-0.25, -0.2) is 9.50 Å². The van der Waals surface area contributed by atoms with E-state index in [0.29, 0.717) is 0 Å². The second-order valence-electron chi connectivity index (χ2n) is 8.59. The Labute approximate surface area is 192 Å². The summed E-state index contributed by atoms with van der Waals surface area (Å²) in [5, 5.41) is 8.85. The van der Waals surface area contributed by atoms with E-state index < -0.39 is 0 Å². The van der Waals surface area contributed by atoms with E-state index in [2.05, 4.69) is 15.1 Å². The van der Waals surface area contributed by atoms with Gasteiger partial charge < -0.3 is 19.9 Å². The van der Waals surface area contributed by atoms with Crippen molar-refractivity contribution >= 4 is 27.3 Å². The molecule has 9 heteroatoms. The standard InChI is InChI=1S/C23H30N6O2S/c1-31-19-8-6-17(7-9-19)20-16-29-22(25-20)32-23(26-29)28-13-4-5-18(15-28)21(30)24-10-14-27-11-2-3-12-27/h6-9,16,18H,2-5,10-15H2,1H3,(H,24,30)/t18-/m1/s1. The first kappa shape index (κ1) is 21.2. The summed E-state index contributed by atoms with van der Waals surface area (Å²) >= 11 is 1.58. The number of fused-ring (bicyclic) bond motifs is 1. The molecule has 0 radical (unpaired) electrons. The molecular formula is C23H30N6O2S. The molecule has 2 aromatic heterocycles. The molecule has 32 heavy (non-hydrogen) atoms. The summed E-state index contributed by atoms with van der Waals surface area (Å²) < 4.78 is 7.08. The molecule has 2 aliphatic rings. The van der Waals surface area contributed by atoms with E-state index in [1.165, 1.54) is 25.9 Å². The average molecular weight is 455 g/mol. The molecule has 2 aliphatic heterocycles. The van der Waals surface area contributed by atoms with Gasteiger partial charge in [0.05, 0.1) is 24.9 Å². The van der Waals surface area contributed by atoms with E-state index in [9.17, 15) is 4.79 Å². The van der Waals surface area contributed by atoms with E-state index in [-0.39, 0.29) is 11.8 Å². The lowest BCUT2D eigenvalue weighted by Crippen LogP contribution is -2.44. The predicted octanol–water partition coefficient (Wildman–Crippen LogP) is 2.89. The smallest absolute Gasteiger partial charge is 0.224 e. The molecule has 2 saturated heterocycles. The molecule has 170 valence electrons. The molecule has 1 aromatic carbocycles. The Balaban J connectivity index is 1.20. The van der Waals surface area contributed by atoms with Gasteiger partial charge >= 0.3 is 0 Å². The monoisotopic (exact) mass is 454 g/mol. The molecule has 5 rings (SSSR count). The summed E-state index contributed by atoms with van der Waals surface area (Å²) in [5.74, 6) is 1.03. The number of rotatable bonds is 7. The van der Waals surface area contributed by atoms with E-state index >= 15 is 0 Å². The maximum atomic E-state index is 12.7. The summed E-state index contributed by atoms with van der Waals surface area (Å²) in [5.41, 5.74) is 1.93. The first-order chi connectivity index (χ1) is 15.7. The Morgan fingerprint density at radius 1 is 1.19 bits per heavy atom. The number of carbonyl (C=O) groups is 1. The molecule has 0 unspecified atom stereocenters. The zero-order valence-corrected chi connectivity index (χ0v) is 19.3. The topological polar surface area (TPSA) is 75.0 Å². The Bertz CT molecular complexity index is 1020. The number of likely N-dealkylation sites (tertiary alicyclic amines) is 1. The van der Waals surface area contributed by atoms with Crippen LogP contribution in [0, 0.1) is 5.92 Å². The molecule has 0 bridgehead atoms. The number of ether oxygens (including phenoxy) is 1. The quantitative estimate of drug-likeness (QED) is 0.592. The normalized spacial score (nSPS) is 19.5. The Morgan fingerprint density at radius 3 is 2.75 bits per heavy atom. The zero-order valence-electron chi connectivity index (χ0n) is 18.5. The number of benzene rings is 1. The second kappa shape index (κ2) is 9.46. The van der Waals surface area contributed by atoms with Crippen LogP contribution in [0.5, 0.6) is 5.75 Å². The van der Waals surface area contributed by atoms with Gasteiger partial charge in [-0.3, -0.25) is 4.79 Å². The molecule has 0 saturated carbocycles. The van der Waals surface area contributed by atoms with Crippen LogP contribution in [0.15, 0.2) is 30.5 Å². The van der Waals surface area contributed by atoms with E-state index in [4.69, 9.17) is 14.8 Å². The fourth-order valence-electron chi connectivity index (χ4n) is 4.57. The Kier molecular flexibility index (Phi) is 6.27. The van der Waals surface area contributed by atoms with Crippen LogP contribution in [0.25, 0.3) is 16.2 Å². The molecule has 0 aliphatic carbocycles. The molecule has 1 amide bonds. The number of hydrogen-bond donors (Lipinski definition) is 1. The molecule has 1 N–H and O–H groups in total. The van der Waals surface area contributed by atoms with Gasteiger partial charge in [0.15, 0.2) is 0 Å². The summed E-state index contributed by atoms with van der Waals surface area (Å²) in [6.45, 7) is 5.69.